The SMILES string of the molecule is CCC(=O)C(=O)N(C1CCCCC1)C1CC(C(=O)NCCO)=CC(Oc2c(I)cc(C=O)cc2OC)C1O. The average molecular weight is 642 g/mol. The Morgan fingerprint density at radius 3 is 2.53 bits per heavy atom. The van der Waals surface area contributed by atoms with Crippen LogP contribution in [0.15, 0.2) is 23.8 Å². The first-order valence-corrected chi connectivity index (χ1v) is 14.0. The zero-order valence-electron chi connectivity index (χ0n) is 21.7. The van der Waals surface area contributed by atoms with Crippen molar-refractivity contribution in [3.63, 3.8) is 0 Å². The summed E-state index contributed by atoms with van der Waals surface area (Å²) in [4.78, 5) is 51.7. The van der Waals surface area contributed by atoms with Gasteiger partial charge < -0.3 is 29.9 Å². The molecule has 0 saturated heterocycles. The first-order chi connectivity index (χ1) is 18.2. The molecule has 3 rings (SSSR count). The van der Waals surface area contributed by atoms with Crippen LogP contribution in [0, 0.1) is 3.57 Å². The standard InChI is InChI=1S/C27H35IN2O8/c1-3-21(33)27(36)30(18-7-5-4-6-8-18)20-13-17(26(35)29-9-10-31)14-22(24(20)34)38-25-19(28)11-16(15-32)12-23(25)37-2/h11-12,14-15,18,20,22,24,31,34H,3-10,13H2,1-2H3,(H,29,35). The zero-order valence-corrected chi connectivity index (χ0v) is 23.8. The molecule has 208 valence electrons. The summed E-state index contributed by atoms with van der Waals surface area (Å²) in [5.41, 5.74) is 0.655. The van der Waals surface area contributed by atoms with E-state index in [2.05, 4.69) is 5.32 Å². The molecule has 1 saturated carbocycles. The van der Waals surface area contributed by atoms with E-state index in [0.717, 1.165) is 19.3 Å². The fraction of sp³-hybridized carbons (Fsp3) is 0.556. The van der Waals surface area contributed by atoms with E-state index in [0.29, 0.717) is 28.3 Å². The van der Waals surface area contributed by atoms with E-state index in [1.54, 1.807) is 13.0 Å². The highest BCUT2D eigenvalue weighted by atomic mass is 127. The molecule has 2 amide bonds. The van der Waals surface area contributed by atoms with Crippen LogP contribution in [0.3, 0.4) is 0 Å². The Balaban J connectivity index is 2.05. The topological polar surface area (TPSA) is 142 Å². The Bertz CT molecular complexity index is 1070. The van der Waals surface area contributed by atoms with Crippen LogP contribution in [0.5, 0.6) is 11.5 Å². The van der Waals surface area contributed by atoms with Crippen molar-refractivity contribution in [1.82, 2.24) is 10.2 Å². The lowest BCUT2D eigenvalue weighted by Gasteiger charge is -2.45. The molecule has 0 bridgehead atoms. The van der Waals surface area contributed by atoms with Gasteiger partial charge in [-0.1, -0.05) is 26.2 Å². The van der Waals surface area contributed by atoms with Crippen molar-refractivity contribution in [3.05, 3.63) is 32.9 Å². The number of nitrogens with zero attached hydrogens (tertiary/aromatic N) is 1. The Labute approximate surface area is 235 Å². The highest BCUT2D eigenvalue weighted by molar-refractivity contribution is 14.1. The summed E-state index contributed by atoms with van der Waals surface area (Å²) in [5, 5.41) is 23.4. The lowest BCUT2D eigenvalue weighted by molar-refractivity contribution is -0.152. The maximum absolute atomic E-state index is 13.4. The van der Waals surface area contributed by atoms with Gasteiger partial charge in [0.25, 0.3) is 5.91 Å². The quantitative estimate of drug-likeness (QED) is 0.190. The van der Waals surface area contributed by atoms with Crippen molar-refractivity contribution >= 4 is 46.5 Å². The van der Waals surface area contributed by atoms with Gasteiger partial charge in [0.15, 0.2) is 11.5 Å². The average Bonchev–Trinajstić information content (AvgIpc) is 2.94. The van der Waals surface area contributed by atoms with Gasteiger partial charge in [-0.2, -0.15) is 0 Å². The van der Waals surface area contributed by atoms with Crippen molar-refractivity contribution < 1.29 is 38.9 Å². The molecule has 0 spiro atoms. The normalized spacial score (nSPS) is 21.7. The second-order valence-electron chi connectivity index (χ2n) is 9.45. The summed E-state index contributed by atoms with van der Waals surface area (Å²) >= 11 is 1.99. The molecule has 3 N–H and O–H groups in total. The van der Waals surface area contributed by atoms with E-state index in [-0.39, 0.29) is 49.1 Å². The molecule has 11 heteroatoms. The Kier molecular flexibility index (Phi) is 11.1. The smallest absolute Gasteiger partial charge is 0.290 e. The molecular formula is C27H35IN2O8. The molecule has 0 heterocycles. The lowest BCUT2D eigenvalue weighted by Crippen LogP contribution is -2.59. The highest BCUT2D eigenvalue weighted by Crippen LogP contribution is 2.38. The fourth-order valence-corrected chi connectivity index (χ4v) is 5.80. The minimum Gasteiger partial charge on any atom is -0.493 e. The molecule has 38 heavy (non-hydrogen) atoms. The molecular weight excluding hydrogens is 607 g/mol. The number of carbonyl (C=O) groups excluding carboxylic acids is 4. The van der Waals surface area contributed by atoms with Crippen LogP contribution >= 0.6 is 22.6 Å². The predicted molar refractivity (Wildman–Crippen MR) is 147 cm³/mol. The van der Waals surface area contributed by atoms with Crippen LogP contribution in [0.1, 0.15) is 62.2 Å². The molecule has 2 aliphatic rings. The molecule has 0 radical (unpaired) electrons. The number of nitrogens with one attached hydrogen (secondary N) is 1. The molecule has 2 aliphatic carbocycles. The van der Waals surface area contributed by atoms with Crippen LogP contribution in [-0.4, -0.2) is 83.5 Å². The number of halogens is 1. The second-order valence-corrected chi connectivity index (χ2v) is 10.6. The number of benzene rings is 1. The molecule has 1 aromatic carbocycles. The minimum atomic E-state index is -1.26. The number of carbonyl (C=O) groups is 4. The van der Waals surface area contributed by atoms with Crippen LogP contribution in [0.4, 0.5) is 0 Å². The van der Waals surface area contributed by atoms with Gasteiger partial charge >= 0.3 is 0 Å². The minimum absolute atomic E-state index is 0.0236. The third kappa shape index (κ3) is 6.92. The molecule has 0 aliphatic heterocycles. The lowest BCUT2D eigenvalue weighted by atomic mass is 9.85. The molecule has 1 fully saturated rings. The summed E-state index contributed by atoms with van der Waals surface area (Å²) in [5.74, 6) is -1.13. The third-order valence-electron chi connectivity index (χ3n) is 6.98. The Morgan fingerprint density at radius 2 is 1.92 bits per heavy atom. The van der Waals surface area contributed by atoms with Gasteiger partial charge in [0.2, 0.25) is 11.7 Å². The highest BCUT2D eigenvalue weighted by Gasteiger charge is 2.44. The fourth-order valence-electron chi connectivity index (χ4n) is 5.05. The first kappa shape index (κ1) is 30.0. The number of aliphatic hydroxyl groups is 2. The van der Waals surface area contributed by atoms with E-state index in [1.165, 1.54) is 24.2 Å². The molecule has 10 nitrogen and oxygen atoms in total. The number of rotatable bonds is 11. The van der Waals surface area contributed by atoms with Crippen LogP contribution in [-0.2, 0) is 14.4 Å². The maximum Gasteiger partial charge on any atom is 0.290 e. The van der Waals surface area contributed by atoms with E-state index >= 15 is 0 Å². The zero-order chi connectivity index (χ0) is 27.8. The molecule has 0 aromatic heterocycles. The number of aldehydes is 1. The van der Waals surface area contributed by atoms with Gasteiger partial charge in [0, 0.05) is 36.6 Å². The number of aliphatic hydroxyl groups excluding tert-OH is 2. The molecule has 3 unspecified atom stereocenters. The van der Waals surface area contributed by atoms with Gasteiger partial charge in [-0.05, 0) is 53.6 Å². The van der Waals surface area contributed by atoms with E-state index < -0.39 is 35.8 Å². The maximum atomic E-state index is 13.4. The van der Waals surface area contributed by atoms with Crippen molar-refractivity contribution in [2.45, 2.75) is 76.2 Å². The van der Waals surface area contributed by atoms with Crippen LogP contribution in [0.25, 0.3) is 0 Å². The first-order valence-electron chi connectivity index (χ1n) is 12.9. The number of ketones is 1. The molecule has 3 atom stereocenters. The summed E-state index contributed by atoms with van der Waals surface area (Å²) in [6.07, 6.45) is 4.14. The van der Waals surface area contributed by atoms with Crippen molar-refractivity contribution in [1.29, 1.82) is 0 Å². The van der Waals surface area contributed by atoms with Crippen molar-refractivity contribution in [2.24, 2.45) is 0 Å². The van der Waals surface area contributed by atoms with E-state index in [4.69, 9.17) is 9.47 Å². The van der Waals surface area contributed by atoms with Crippen LogP contribution in [0.2, 0.25) is 0 Å². The number of hydrogen-bond donors (Lipinski definition) is 3. The van der Waals surface area contributed by atoms with Gasteiger partial charge in [-0.3, -0.25) is 19.2 Å². The summed E-state index contributed by atoms with van der Waals surface area (Å²) in [6.45, 7) is 1.40. The van der Waals surface area contributed by atoms with Crippen molar-refractivity contribution in [3.8, 4) is 11.5 Å². The summed E-state index contributed by atoms with van der Waals surface area (Å²) in [6, 6.07) is 1.99. The van der Waals surface area contributed by atoms with Gasteiger partial charge in [-0.15, -0.1) is 0 Å². The molecule has 1 aromatic rings. The third-order valence-corrected chi connectivity index (χ3v) is 7.78. The largest absolute Gasteiger partial charge is 0.493 e. The van der Waals surface area contributed by atoms with Gasteiger partial charge in [-0.25, -0.2) is 0 Å². The van der Waals surface area contributed by atoms with E-state index in [1.807, 2.05) is 22.6 Å². The number of amides is 2. The Morgan fingerprint density at radius 1 is 1.21 bits per heavy atom. The van der Waals surface area contributed by atoms with Gasteiger partial charge in [0.1, 0.15) is 18.5 Å². The van der Waals surface area contributed by atoms with Gasteiger partial charge in [0.05, 0.1) is 23.3 Å². The number of ether oxygens (including phenoxy) is 2. The number of hydrogen-bond acceptors (Lipinski definition) is 8. The number of Topliss-reactive ketones (excluding diaryl/α,β-unsaturated/α-hetero) is 1. The number of methoxy groups -OCH3 is 1. The van der Waals surface area contributed by atoms with E-state index in [9.17, 15) is 29.4 Å². The summed E-state index contributed by atoms with van der Waals surface area (Å²) in [7, 11) is 1.43. The summed E-state index contributed by atoms with van der Waals surface area (Å²) < 4.78 is 12.2. The second kappa shape index (κ2) is 14.0. The monoisotopic (exact) mass is 642 g/mol. The van der Waals surface area contributed by atoms with Crippen molar-refractivity contribution in [2.75, 3.05) is 20.3 Å². The Hall–Kier alpha value is -2.51. The predicted octanol–water partition coefficient (Wildman–Crippen LogP) is 2.17. The van der Waals surface area contributed by atoms with Crippen LogP contribution < -0.4 is 14.8 Å².